The van der Waals surface area contributed by atoms with Crippen molar-refractivity contribution in [2.24, 2.45) is 5.92 Å². The molecule has 1 heterocycles. The Morgan fingerprint density at radius 1 is 1.48 bits per heavy atom. The van der Waals surface area contributed by atoms with Crippen LogP contribution in [0.4, 0.5) is 5.69 Å². The second kappa shape index (κ2) is 7.21. The quantitative estimate of drug-likeness (QED) is 0.764. The average Bonchev–Trinajstić information content (AvgIpc) is 2.83. The van der Waals surface area contributed by atoms with Gasteiger partial charge in [0.05, 0.1) is 25.1 Å². The van der Waals surface area contributed by atoms with Gasteiger partial charge in [0.25, 0.3) is 0 Å². The summed E-state index contributed by atoms with van der Waals surface area (Å²) in [5, 5.41) is 6.77. The molecular weight excluding hydrogens is 274 g/mol. The highest BCUT2D eigenvalue weighted by atomic mass is 16.5. The molecule has 7 nitrogen and oxygen atoms in total. The minimum Gasteiger partial charge on any atom is -0.468 e. The van der Waals surface area contributed by atoms with Crippen LogP contribution >= 0.6 is 0 Å². The van der Waals surface area contributed by atoms with E-state index in [0.717, 1.165) is 19.4 Å². The highest BCUT2D eigenvalue weighted by molar-refractivity contribution is 5.90. The number of esters is 1. The van der Waals surface area contributed by atoms with Gasteiger partial charge in [-0.1, -0.05) is 0 Å². The molecule has 0 aromatic carbocycles. The van der Waals surface area contributed by atoms with Crippen LogP contribution < -0.4 is 5.32 Å². The fourth-order valence-corrected chi connectivity index (χ4v) is 2.40. The Kier molecular flexibility index (Phi) is 5.32. The van der Waals surface area contributed by atoms with E-state index >= 15 is 0 Å². The lowest BCUT2D eigenvalue weighted by Crippen LogP contribution is -2.33. The summed E-state index contributed by atoms with van der Waals surface area (Å²) in [5.74, 6) is -0.0216. The van der Waals surface area contributed by atoms with Crippen LogP contribution in [-0.4, -0.2) is 41.5 Å². The lowest BCUT2D eigenvalue weighted by atomic mass is 9.80. The maximum absolute atomic E-state index is 11.9. The number of hydrogen-bond donors (Lipinski definition) is 1. The molecule has 0 spiro atoms. The zero-order valence-electron chi connectivity index (χ0n) is 12.4. The molecule has 1 N–H and O–H groups in total. The van der Waals surface area contributed by atoms with Crippen LogP contribution in [0.25, 0.3) is 0 Å². The molecule has 1 aromatic heterocycles. The van der Waals surface area contributed by atoms with Crippen molar-refractivity contribution in [2.45, 2.75) is 38.8 Å². The van der Waals surface area contributed by atoms with Gasteiger partial charge in [-0.15, -0.1) is 0 Å². The molecule has 21 heavy (non-hydrogen) atoms. The highest BCUT2D eigenvalue weighted by Gasteiger charge is 2.31. The summed E-state index contributed by atoms with van der Waals surface area (Å²) in [7, 11) is 1.32. The number of hydrogen-bond acceptors (Lipinski definition) is 5. The van der Waals surface area contributed by atoms with E-state index in [4.69, 9.17) is 4.74 Å². The summed E-state index contributed by atoms with van der Waals surface area (Å²) in [6, 6.07) is 0. The molecule has 2 rings (SSSR count). The van der Waals surface area contributed by atoms with Crippen LogP contribution in [0.2, 0.25) is 0 Å². The minimum atomic E-state index is -0.382. The zero-order chi connectivity index (χ0) is 15.2. The van der Waals surface area contributed by atoms with E-state index < -0.39 is 0 Å². The van der Waals surface area contributed by atoms with Gasteiger partial charge in [-0.25, -0.2) is 0 Å². The maximum Gasteiger partial charge on any atom is 0.327 e. The summed E-state index contributed by atoms with van der Waals surface area (Å²) in [6.07, 6.45) is 5.83. The van der Waals surface area contributed by atoms with E-state index in [9.17, 15) is 9.59 Å². The number of amides is 1. The lowest BCUT2D eigenvalue weighted by molar-refractivity contribution is -0.141. The number of nitrogens with one attached hydrogen (secondary N) is 1. The van der Waals surface area contributed by atoms with E-state index in [1.807, 2.05) is 6.92 Å². The van der Waals surface area contributed by atoms with E-state index in [1.165, 1.54) is 18.0 Å². The van der Waals surface area contributed by atoms with Crippen molar-refractivity contribution in [1.29, 1.82) is 0 Å². The van der Waals surface area contributed by atoms with Gasteiger partial charge in [0.1, 0.15) is 6.54 Å². The first-order valence-electron chi connectivity index (χ1n) is 7.11. The molecule has 7 heteroatoms. The molecule has 1 aromatic rings. The lowest BCUT2D eigenvalue weighted by Gasteiger charge is -2.34. The monoisotopic (exact) mass is 295 g/mol. The van der Waals surface area contributed by atoms with Crippen molar-refractivity contribution >= 4 is 17.6 Å². The Bertz CT molecular complexity index is 494. The molecule has 0 unspecified atom stereocenters. The first-order chi connectivity index (χ1) is 10.1. The number of carbonyl (C=O) groups is 2. The van der Waals surface area contributed by atoms with Crippen molar-refractivity contribution < 1.29 is 19.1 Å². The van der Waals surface area contributed by atoms with Crippen LogP contribution in [0.5, 0.6) is 0 Å². The van der Waals surface area contributed by atoms with Gasteiger partial charge < -0.3 is 14.8 Å². The van der Waals surface area contributed by atoms with Crippen LogP contribution in [-0.2, 0) is 25.6 Å². The number of methoxy groups -OCH3 is 1. The van der Waals surface area contributed by atoms with Crippen molar-refractivity contribution in [2.75, 3.05) is 19.0 Å². The zero-order valence-corrected chi connectivity index (χ0v) is 12.4. The summed E-state index contributed by atoms with van der Waals surface area (Å²) in [6.45, 7) is 2.74. The van der Waals surface area contributed by atoms with Gasteiger partial charge in [0, 0.05) is 19.2 Å². The molecule has 0 bridgehead atoms. The number of rotatable bonds is 7. The number of ether oxygens (including phenoxy) is 2. The minimum absolute atomic E-state index is 0.0328. The first-order valence-corrected chi connectivity index (χ1v) is 7.11. The third-order valence-corrected chi connectivity index (χ3v) is 3.50. The van der Waals surface area contributed by atoms with Crippen molar-refractivity contribution in [3.63, 3.8) is 0 Å². The van der Waals surface area contributed by atoms with E-state index in [1.54, 1.807) is 6.20 Å². The molecule has 0 atom stereocenters. The Balaban J connectivity index is 1.72. The summed E-state index contributed by atoms with van der Waals surface area (Å²) < 4.78 is 11.4. The number of nitrogens with zero attached hydrogens (tertiary/aromatic N) is 2. The second-order valence-electron chi connectivity index (χ2n) is 5.17. The third-order valence-electron chi connectivity index (χ3n) is 3.50. The number of anilines is 1. The smallest absolute Gasteiger partial charge is 0.327 e. The van der Waals surface area contributed by atoms with Gasteiger partial charge in [-0.05, 0) is 25.7 Å². The van der Waals surface area contributed by atoms with Crippen LogP contribution in [0.3, 0.4) is 0 Å². The summed E-state index contributed by atoms with van der Waals surface area (Å²) in [4.78, 5) is 23.0. The van der Waals surface area contributed by atoms with Gasteiger partial charge in [-0.2, -0.15) is 5.10 Å². The second-order valence-corrected chi connectivity index (χ2v) is 5.17. The van der Waals surface area contributed by atoms with E-state index in [2.05, 4.69) is 15.2 Å². The number of carbonyl (C=O) groups excluding carboxylic acids is 2. The molecule has 1 fully saturated rings. The molecule has 116 valence electrons. The van der Waals surface area contributed by atoms with Gasteiger partial charge >= 0.3 is 5.97 Å². The molecule has 1 aliphatic rings. The van der Waals surface area contributed by atoms with E-state index in [-0.39, 0.29) is 18.4 Å². The van der Waals surface area contributed by atoms with Gasteiger partial charge in [-0.3, -0.25) is 14.3 Å². The molecule has 0 aliphatic heterocycles. The Morgan fingerprint density at radius 2 is 2.24 bits per heavy atom. The predicted octanol–water partition coefficient (Wildman–Crippen LogP) is 1.20. The fourth-order valence-electron chi connectivity index (χ4n) is 2.40. The van der Waals surface area contributed by atoms with Crippen LogP contribution in [0.15, 0.2) is 12.4 Å². The largest absolute Gasteiger partial charge is 0.468 e. The molecule has 1 amide bonds. The molecule has 0 saturated heterocycles. The fraction of sp³-hybridized carbons (Fsp3) is 0.643. The third kappa shape index (κ3) is 4.56. The van der Waals surface area contributed by atoms with E-state index in [0.29, 0.717) is 24.1 Å². The molecule has 1 saturated carbocycles. The first kappa shape index (κ1) is 15.5. The van der Waals surface area contributed by atoms with Crippen molar-refractivity contribution in [3.05, 3.63) is 12.4 Å². The maximum atomic E-state index is 11.9. The van der Waals surface area contributed by atoms with Crippen LogP contribution in [0, 0.1) is 5.92 Å². The highest BCUT2D eigenvalue weighted by Crippen LogP contribution is 2.32. The Labute approximate surface area is 123 Å². The summed E-state index contributed by atoms with van der Waals surface area (Å²) in [5.41, 5.74) is 0.588. The molecular formula is C14H21N3O4. The number of aromatic nitrogens is 2. The normalized spacial score (nSPS) is 20.7. The average molecular weight is 295 g/mol. The van der Waals surface area contributed by atoms with Gasteiger partial charge in [0.15, 0.2) is 0 Å². The standard InChI is InChI=1S/C14H21N3O4/c1-3-21-12-4-10(5-12)6-13(18)16-11-7-15-17(8-11)9-14(19)20-2/h7-8,10,12H,3-6,9H2,1-2H3,(H,16,18). The predicted molar refractivity (Wildman–Crippen MR) is 75.6 cm³/mol. The Hall–Kier alpha value is -1.89. The van der Waals surface area contributed by atoms with Crippen molar-refractivity contribution in [1.82, 2.24) is 9.78 Å². The summed E-state index contributed by atoms with van der Waals surface area (Å²) >= 11 is 0. The van der Waals surface area contributed by atoms with Gasteiger partial charge in [0.2, 0.25) is 5.91 Å². The van der Waals surface area contributed by atoms with Crippen molar-refractivity contribution in [3.8, 4) is 0 Å². The topological polar surface area (TPSA) is 82.5 Å². The van der Waals surface area contributed by atoms with Crippen LogP contribution in [0.1, 0.15) is 26.2 Å². The Morgan fingerprint density at radius 3 is 2.90 bits per heavy atom. The molecule has 1 aliphatic carbocycles. The SMILES string of the molecule is CCOC1CC(CC(=O)Nc2cnn(CC(=O)OC)c2)C1. The molecule has 0 radical (unpaired) electrons.